The first-order valence-corrected chi connectivity index (χ1v) is 6.29. The Balaban J connectivity index is 1.84. The van der Waals surface area contributed by atoms with Gasteiger partial charge in [0, 0.05) is 11.9 Å². The molecule has 2 aromatic rings. The topological polar surface area (TPSA) is 63.9 Å². The maximum atomic E-state index is 8.55. The van der Waals surface area contributed by atoms with E-state index in [9.17, 15) is 0 Å². The molecule has 1 aromatic heterocycles. The number of furan rings is 1. The van der Waals surface area contributed by atoms with Crippen LogP contribution in [0.2, 0.25) is 0 Å². The van der Waals surface area contributed by atoms with Crippen molar-refractivity contribution < 1.29 is 19.0 Å². The lowest BCUT2D eigenvalue weighted by atomic mass is 10.2. The number of fused-ring (bicyclic) bond motifs is 1. The molecule has 19 heavy (non-hydrogen) atoms. The largest absolute Gasteiger partial charge is 0.497 e. The lowest BCUT2D eigenvalue weighted by molar-refractivity contribution is 0.0936. The lowest BCUT2D eigenvalue weighted by Gasteiger charge is -2.02. The molecule has 0 saturated carbocycles. The van der Waals surface area contributed by atoms with Gasteiger partial charge in [-0.05, 0) is 24.3 Å². The highest BCUT2D eigenvalue weighted by Crippen LogP contribution is 2.23. The number of ether oxygens (including phenoxy) is 2. The predicted octanol–water partition coefficient (Wildman–Crippen LogP) is 1.54. The van der Waals surface area contributed by atoms with Crippen molar-refractivity contribution in [3.8, 4) is 5.75 Å². The zero-order chi connectivity index (χ0) is 13.5. The van der Waals surface area contributed by atoms with E-state index in [1.54, 1.807) is 7.11 Å². The number of benzene rings is 1. The van der Waals surface area contributed by atoms with E-state index in [1.807, 2.05) is 24.3 Å². The van der Waals surface area contributed by atoms with E-state index in [-0.39, 0.29) is 6.61 Å². The predicted molar refractivity (Wildman–Crippen MR) is 72.4 cm³/mol. The van der Waals surface area contributed by atoms with Gasteiger partial charge >= 0.3 is 0 Å². The van der Waals surface area contributed by atoms with Gasteiger partial charge in [0.25, 0.3) is 0 Å². The fourth-order valence-electron chi connectivity index (χ4n) is 1.81. The summed E-state index contributed by atoms with van der Waals surface area (Å²) in [5, 5.41) is 12.8. The Bertz CT molecular complexity index is 509. The van der Waals surface area contributed by atoms with Crippen molar-refractivity contribution in [2.75, 3.05) is 33.5 Å². The van der Waals surface area contributed by atoms with E-state index < -0.39 is 0 Å². The molecule has 0 atom stereocenters. The van der Waals surface area contributed by atoms with Crippen LogP contribution in [0.25, 0.3) is 11.0 Å². The molecule has 0 aliphatic heterocycles. The molecule has 1 aromatic carbocycles. The molecule has 5 heteroatoms. The zero-order valence-electron chi connectivity index (χ0n) is 11.0. The Morgan fingerprint density at radius 2 is 2.16 bits per heavy atom. The van der Waals surface area contributed by atoms with Crippen LogP contribution in [-0.4, -0.2) is 38.6 Å². The molecule has 0 aliphatic carbocycles. The minimum absolute atomic E-state index is 0.0609. The molecule has 104 valence electrons. The highest BCUT2D eigenvalue weighted by Gasteiger charge is 2.04. The molecule has 0 radical (unpaired) electrons. The van der Waals surface area contributed by atoms with Gasteiger partial charge in [0.05, 0.1) is 33.5 Å². The fraction of sp³-hybridized carbons (Fsp3) is 0.429. The van der Waals surface area contributed by atoms with Crippen molar-refractivity contribution in [3.05, 3.63) is 30.0 Å². The van der Waals surface area contributed by atoms with E-state index in [1.165, 1.54) is 0 Å². The van der Waals surface area contributed by atoms with Crippen molar-refractivity contribution in [2.24, 2.45) is 0 Å². The second kappa shape index (κ2) is 7.13. The van der Waals surface area contributed by atoms with Crippen molar-refractivity contribution in [1.82, 2.24) is 5.32 Å². The number of hydrogen-bond acceptors (Lipinski definition) is 5. The zero-order valence-corrected chi connectivity index (χ0v) is 11.0. The SMILES string of the molecule is COc1ccc2oc(CNCCOCCO)cc2c1. The minimum atomic E-state index is 0.0609. The Labute approximate surface area is 112 Å². The number of hydrogen-bond donors (Lipinski definition) is 2. The van der Waals surface area contributed by atoms with Gasteiger partial charge in [0.15, 0.2) is 0 Å². The molecule has 2 rings (SSSR count). The molecule has 0 aliphatic rings. The summed E-state index contributed by atoms with van der Waals surface area (Å²) in [6.07, 6.45) is 0. The number of rotatable bonds is 8. The van der Waals surface area contributed by atoms with Crippen LogP contribution in [0.1, 0.15) is 5.76 Å². The van der Waals surface area contributed by atoms with Crippen LogP contribution < -0.4 is 10.1 Å². The fourth-order valence-corrected chi connectivity index (χ4v) is 1.81. The van der Waals surface area contributed by atoms with E-state index in [4.69, 9.17) is 19.0 Å². The Morgan fingerprint density at radius 3 is 2.95 bits per heavy atom. The van der Waals surface area contributed by atoms with Crippen molar-refractivity contribution in [1.29, 1.82) is 0 Å². The van der Waals surface area contributed by atoms with Crippen LogP contribution in [0, 0.1) is 0 Å². The first kappa shape index (κ1) is 13.9. The van der Waals surface area contributed by atoms with Gasteiger partial charge in [-0.15, -0.1) is 0 Å². The Kier molecular flexibility index (Phi) is 5.20. The van der Waals surface area contributed by atoms with E-state index in [0.717, 1.165) is 29.0 Å². The highest BCUT2D eigenvalue weighted by atomic mass is 16.5. The molecule has 0 fully saturated rings. The first-order valence-electron chi connectivity index (χ1n) is 6.29. The van der Waals surface area contributed by atoms with E-state index in [0.29, 0.717) is 19.8 Å². The van der Waals surface area contributed by atoms with Crippen LogP contribution in [-0.2, 0) is 11.3 Å². The van der Waals surface area contributed by atoms with Gasteiger partial charge in [-0.2, -0.15) is 0 Å². The molecule has 2 N–H and O–H groups in total. The number of methoxy groups -OCH3 is 1. The lowest BCUT2D eigenvalue weighted by Crippen LogP contribution is -2.19. The second-order valence-electron chi connectivity index (χ2n) is 4.13. The van der Waals surface area contributed by atoms with Crippen LogP contribution >= 0.6 is 0 Å². The highest BCUT2D eigenvalue weighted by molar-refractivity contribution is 5.79. The molecule has 0 bridgehead atoms. The summed E-state index contributed by atoms with van der Waals surface area (Å²) >= 11 is 0. The summed E-state index contributed by atoms with van der Waals surface area (Å²) in [4.78, 5) is 0. The van der Waals surface area contributed by atoms with Crippen LogP contribution in [0.5, 0.6) is 5.75 Å². The van der Waals surface area contributed by atoms with Crippen molar-refractivity contribution >= 4 is 11.0 Å². The van der Waals surface area contributed by atoms with Crippen LogP contribution in [0.15, 0.2) is 28.7 Å². The number of aliphatic hydroxyl groups excluding tert-OH is 1. The molecule has 0 amide bonds. The van der Waals surface area contributed by atoms with E-state index >= 15 is 0 Å². The Morgan fingerprint density at radius 1 is 1.26 bits per heavy atom. The first-order chi connectivity index (χ1) is 9.33. The molecule has 5 nitrogen and oxygen atoms in total. The molecule has 1 heterocycles. The maximum absolute atomic E-state index is 8.55. The van der Waals surface area contributed by atoms with Gasteiger partial charge in [0.1, 0.15) is 17.1 Å². The summed E-state index contributed by atoms with van der Waals surface area (Å²) in [5.74, 6) is 1.70. The third-order valence-electron chi connectivity index (χ3n) is 2.73. The van der Waals surface area contributed by atoms with Crippen LogP contribution in [0.3, 0.4) is 0 Å². The monoisotopic (exact) mass is 265 g/mol. The third kappa shape index (κ3) is 3.96. The maximum Gasteiger partial charge on any atom is 0.134 e. The normalized spacial score (nSPS) is 11.1. The van der Waals surface area contributed by atoms with Gasteiger partial charge in [0.2, 0.25) is 0 Å². The van der Waals surface area contributed by atoms with E-state index in [2.05, 4.69) is 5.32 Å². The second-order valence-corrected chi connectivity index (χ2v) is 4.13. The van der Waals surface area contributed by atoms with Crippen molar-refractivity contribution in [2.45, 2.75) is 6.54 Å². The minimum Gasteiger partial charge on any atom is -0.497 e. The molecule has 0 spiro atoms. The summed E-state index contributed by atoms with van der Waals surface area (Å²) in [5.41, 5.74) is 0.856. The summed E-state index contributed by atoms with van der Waals surface area (Å²) in [6.45, 7) is 2.39. The standard InChI is InChI=1S/C14H19NO4/c1-17-12-2-3-14-11(8-12)9-13(19-14)10-15-4-6-18-7-5-16/h2-3,8-9,15-16H,4-7,10H2,1H3. The van der Waals surface area contributed by atoms with Gasteiger partial charge in [-0.1, -0.05) is 0 Å². The van der Waals surface area contributed by atoms with Gasteiger partial charge in [-0.3, -0.25) is 0 Å². The number of nitrogens with one attached hydrogen (secondary N) is 1. The summed E-state index contributed by atoms with van der Waals surface area (Å²) < 4.78 is 16.0. The molecule has 0 unspecified atom stereocenters. The van der Waals surface area contributed by atoms with Gasteiger partial charge in [-0.25, -0.2) is 0 Å². The average molecular weight is 265 g/mol. The summed E-state index contributed by atoms with van der Waals surface area (Å²) in [6, 6.07) is 7.74. The Hall–Kier alpha value is -1.56. The molecule has 0 saturated heterocycles. The smallest absolute Gasteiger partial charge is 0.134 e. The molecular formula is C14H19NO4. The van der Waals surface area contributed by atoms with Crippen LogP contribution in [0.4, 0.5) is 0 Å². The molecular weight excluding hydrogens is 246 g/mol. The van der Waals surface area contributed by atoms with Crippen molar-refractivity contribution in [3.63, 3.8) is 0 Å². The number of aliphatic hydroxyl groups is 1. The van der Waals surface area contributed by atoms with Gasteiger partial charge < -0.3 is 24.3 Å². The summed E-state index contributed by atoms with van der Waals surface area (Å²) in [7, 11) is 1.65. The average Bonchev–Trinajstić information content (AvgIpc) is 2.84. The quantitative estimate of drug-likeness (QED) is 0.709. The third-order valence-corrected chi connectivity index (χ3v) is 2.73.